The molecule has 6 heteroatoms. The summed E-state index contributed by atoms with van der Waals surface area (Å²) in [5.74, 6) is -2.24. The van der Waals surface area contributed by atoms with Crippen LogP contribution in [-0.4, -0.2) is 38.0 Å². The van der Waals surface area contributed by atoms with E-state index in [4.69, 9.17) is 0 Å². The number of hydrogen-bond acceptors (Lipinski definition) is 5. The first-order valence-electron chi connectivity index (χ1n) is 8.74. The van der Waals surface area contributed by atoms with Crippen molar-refractivity contribution in [2.24, 2.45) is 23.2 Å². The van der Waals surface area contributed by atoms with Crippen molar-refractivity contribution in [3.63, 3.8) is 0 Å². The lowest BCUT2D eigenvalue weighted by molar-refractivity contribution is -0.139. The number of ketones is 2. The van der Waals surface area contributed by atoms with Crippen molar-refractivity contribution in [2.75, 3.05) is 0 Å². The number of H-pyrrole nitrogens is 1. The maximum Gasteiger partial charge on any atom is 0.203 e. The van der Waals surface area contributed by atoms with Crippen LogP contribution in [0.15, 0.2) is 17.8 Å². The van der Waals surface area contributed by atoms with Crippen molar-refractivity contribution in [2.45, 2.75) is 46.1 Å². The largest absolute Gasteiger partial charge is 0.505 e. The molecular formula is C19H25NO5. The Bertz CT molecular complexity index is 729. The van der Waals surface area contributed by atoms with Gasteiger partial charge in [-0.3, -0.25) is 9.59 Å². The molecule has 4 N–H and O–H groups in total. The molecule has 0 unspecified atom stereocenters. The van der Waals surface area contributed by atoms with Gasteiger partial charge in [0.25, 0.3) is 0 Å². The predicted molar refractivity (Wildman–Crippen MR) is 91.3 cm³/mol. The van der Waals surface area contributed by atoms with Gasteiger partial charge in [0.1, 0.15) is 17.1 Å². The van der Waals surface area contributed by atoms with Crippen molar-refractivity contribution in [1.82, 2.24) is 4.98 Å². The van der Waals surface area contributed by atoms with Gasteiger partial charge in [-0.15, -0.1) is 0 Å². The van der Waals surface area contributed by atoms with Crippen LogP contribution >= 0.6 is 0 Å². The van der Waals surface area contributed by atoms with E-state index in [1.54, 1.807) is 13.8 Å². The summed E-state index contributed by atoms with van der Waals surface area (Å²) in [6.45, 7) is 5.53. The summed E-state index contributed by atoms with van der Waals surface area (Å²) < 4.78 is 0. The van der Waals surface area contributed by atoms with E-state index in [9.17, 15) is 24.9 Å². The summed E-state index contributed by atoms with van der Waals surface area (Å²) in [4.78, 5) is 28.5. The van der Waals surface area contributed by atoms with Crippen molar-refractivity contribution in [1.29, 1.82) is 0 Å². The Morgan fingerprint density at radius 2 is 2.08 bits per heavy atom. The molecule has 136 valence electrons. The molecule has 1 aromatic rings. The van der Waals surface area contributed by atoms with Crippen molar-refractivity contribution >= 4 is 11.6 Å². The summed E-state index contributed by atoms with van der Waals surface area (Å²) >= 11 is 0. The maximum atomic E-state index is 13.4. The van der Waals surface area contributed by atoms with Gasteiger partial charge in [-0.25, -0.2) is 0 Å². The zero-order valence-electron chi connectivity index (χ0n) is 14.7. The maximum absolute atomic E-state index is 13.4. The van der Waals surface area contributed by atoms with E-state index in [1.807, 2.05) is 13.0 Å². The van der Waals surface area contributed by atoms with Crippen molar-refractivity contribution in [3.8, 4) is 11.6 Å². The number of hydrogen-bond donors (Lipinski definition) is 4. The normalized spacial score (nSPS) is 35.2. The molecule has 1 heterocycles. The first kappa shape index (κ1) is 17.7. The third-order valence-corrected chi connectivity index (χ3v) is 6.42. The number of aliphatic hydroxyl groups is 1. The highest BCUT2D eigenvalue weighted by Crippen LogP contribution is 2.55. The number of aromatic hydroxyl groups is 2. The van der Waals surface area contributed by atoms with Gasteiger partial charge in [-0.05, 0) is 30.8 Å². The Hall–Kier alpha value is -2.08. The molecule has 1 fully saturated rings. The van der Waals surface area contributed by atoms with E-state index in [2.05, 4.69) is 4.98 Å². The fourth-order valence-corrected chi connectivity index (χ4v) is 4.81. The standard InChI is InChI=1S/C19H25NO5/c1-4-10-7-12(21)14-11(6-5-9(2)16(14)23)19(10,3)17(24)15-13(22)8-20-18(15)25/h5,8,10-11,14,16,20,22-23,25H,4,6-7H2,1-3H3/t10-,11-,14-,16+,19-/m1/s1. The third kappa shape index (κ3) is 2.42. The van der Waals surface area contributed by atoms with Crippen LogP contribution in [0.5, 0.6) is 11.6 Å². The lowest BCUT2D eigenvalue weighted by Gasteiger charge is -2.51. The second kappa shape index (κ2) is 6.02. The van der Waals surface area contributed by atoms with Gasteiger partial charge in [-0.2, -0.15) is 0 Å². The minimum atomic E-state index is -0.956. The van der Waals surface area contributed by atoms with Gasteiger partial charge >= 0.3 is 0 Å². The number of Topliss-reactive ketones (excluding diaryl/α,β-unsaturated/α-hetero) is 2. The van der Waals surface area contributed by atoms with Gasteiger partial charge < -0.3 is 20.3 Å². The lowest BCUT2D eigenvalue weighted by atomic mass is 9.50. The van der Waals surface area contributed by atoms with Gasteiger partial charge in [0.15, 0.2) is 5.78 Å². The van der Waals surface area contributed by atoms with Gasteiger partial charge in [-0.1, -0.05) is 26.3 Å². The Balaban J connectivity index is 2.13. The molecule has 0 aliphatic heterocycles. The number of carbonyl (C=O) groups is 2. The quantitative estimate of drug-likeness (QED) is 0.496. The van der Waals surface area contributed by atoms with Crippen LogP contribution in [0.25, 0.3) is 0 Å². The summed E-state index contributed by atoms with van der Waals surface area (Å²) in [5.41, 5.74) is -0.329. The van der Waals surface area contributed by atoms with E-state index in [-0.39, 0.29) is 47.0 Å². The van der Waals surface area contributed by atoms with Crippen LogP contribution in [0.2, 0.25) is 0 Å². The summed E-state index contributed by atoms with van der Waals surface area (Å²) in [6.07, 6.45) is 3.55. The number of nitrogens with one attached hydrogen (secondary N) is 1. The van der Waals surface area contributed by atoms with E-state index < -0.39 is 17.4 Å². The van der Waals surface area contributed by atoms with Crippen molar-refractivity contribution < 1.29 is 24.9 Å². The molecule has 6 nitrogen and oxygen atoms in total. The number of fused-ring (bicyclic) bond motifs is 1. The second-order valence-corrected chi connectivity index (χ2v) is 7.55. The number of aliphatic hydroxyl groups excluding tert-OH is 1. The minimum absolute atomic E-state index is 0.00964. The van der Waals surface area contributed by atoms with Gasteiger partial charge in [0, 0.05) is 18.0 Å². The Morgan fingerprint density at radius 1 is 1.40 bits per heavy atom. The molecule has 0 radical (unpaired) electrons. The smallest absolute Gasteiger partial charge is 0.203 e. The molecule has 2 aliphatic carbocycles. The van der Waals surface area contributed by atoms with E-state index in [1.165, 1.54) is 6.20 Å². The van der Waals surface area contributed by atoms with Crippen LogP contribution < -0.4 is 0 Å². The second-order valence-electron chi connectivity index (χ2n) is 7.55. The first-order valence-corrected chi connectivity index (χ1v) is 8.74. The topological polar surface area (TPSA) is 111 Å². The average Bonchev–Trinajstić information content (AvgIpc) is 2.91. The number of allylic oxidation sites excluding steroid dienone is 1. The molecule has 0 spiro atoms. The molecule has 0 amide bonds. The van der Waals surface area contributed by atoms with Gasteiger partial charge in [0.05, 0.1) is 12.0 Å². The van der Waals surface area contributed by atoms with Crippen LogP contribution in [0.3, 0.4) is 0 Å². The van der Waals surface area contributed by atoms with Gasteiger partial charge in [0.2, 0.25) is 5.88 Å². The molecule has 0 saturated heterocycles. The first-order chi connectivity index (χ1) is 11.7. The van der Waals surface area contributed by atoms with E-state index in [0.717, 1.165) is 5.57 Å². The predicted octanol–water partition coefficient (Wildman–Crippen LogP) is 2.56. The highest BCUT2D eigenvalue weighted by Gasteiger charge is 2.58. The number of carbonyl (C=O) groups excluding carboxylic acids is 2. The molecule has 1 saturated carbocycles. The molecular weight excluding hydrogens is 322 g/mol. The molecule has 3 rings (SSSR count). The van der Waals surface area contributed by atoms with E-state index >= 15 is 0 Å². The third-order valence-electron chi connectivity index (χ3n) is 6.42. The molecule has 0 bridgehead atoms. The SMILES string of the molecule is CC[C@@H]1CC(=O)[C@H]2[C@@H](CC=C(C)[C@@H]2O)[C@]1(C)C(=O)c1c(O)c[nH]c1O. The molecule has 25 heavy (non-hydrogen) atoms. The monoisotopic (exact) mass is 347 g/mol. The van der Waals surface area contributed by atoms with Crippen molar-refractivity contribution in [3.05, 3.63) is 23.4 Å². The fourth-order valence-electron chi connectivity index (χ4n) is 4.81. The number of rotatable bonds is 3. The minimum Gasteiger partial charge on any atom is -0.505 e. The van der Waals surface area contributed by atoms with Crippen LogP contribution in [0, 0.1) is 23.2 Å². The molecule has 5 atom stereocenters. The summed E-state index contributed by atoms with van der Waals surface area (Å²) in [7, 11) is 0. The Kier molecular flexibility index (Phi) is 4.27. The highest BCUT2D eigenvalue weighted by molar-refractivity contribution is 6.06. The molecule has 0 aromatic carbocycles. The highest BCUT2D eigenvalue weighted by atomic mass is 16.3. The zero-order chi connectivity index (χ0) is 18.5. The summed E-state index contributed by atoms with van der Waals surface area (Å²) in [6, 6.07) is 0. The Morgan fingerprint density at radius 3 is 2.64 bits per heavy atom. The molecule has 1 aromatic heterocycles. The zero-order valence-corrected chi connectivity index (χ0v) is 14.7. The van der Waals surface area contributed by atoms with Crippen LogP contribution in [0.4, 0.5) is 0 Å². The Labute approximate surface area is 146 Å². The fraction of sp³-hybridized carbons (Fsp3) is 0.579. The lowest BCUT2D eigenvalue weighted by Crippen LogP contribution is -2.56. The van der Waals surface area contributed by atoms with Crippen LogP contribution in [-0.2, 0) is 4.79 Å². The molecule has 2 aliphatic rings. The van der Waals surface area contributed by atoms with Crippen LogP contribution in [0.1, 0.15) is 50.4 Å². The number of aromatic amines is 1. The average molecular weight is 347 g/mol. The number of aromatic nitrogens is 1. The summed E-state index contributed by atoms with van der Waals surface area (Å²) in [5, 5.41) is 30.5. The van der Waals surface area contributed by atoms with E-state index in [0.29, 0.717) is 12.8 Å².